The van der Waals surface area contributed by atoms with Gasteiger partial charge >= 0.3 is 0 Å². The van der Waals surface area contributed by atoms with Crippen LogP contribution >= 0.6 is 0 Å². The number of nitrogens with zero attached hydrogens (tertiary/aromatic N) is 1. The van der Waals surface area contributed by atoms with Gasteiger partial charge in [-0.3, -0.25) is 0 Å². The number of nitrogens with two attached hydrogens (primary N) is 1. The molecule has 0 amide bonds. The van der Waals surface area contributed by atoms with Crippen LogP contribution in [0.1, 0.15) is 33.1 Å². The van der Waals surface area contributed by atoms with E-state index in [1.165, 1.54) is 0 Å². The first kappa shape index (κ1) is 14.3. The van der Waals surface area contributed by atoms with Crippen molar-refractivity contribution in [1.82, 2.24) is 4.90 Å². The third-order valence-electron chi connectivity index (χ3n) is 5.07. The van der Waals surface area contributed by atoms with Gasteiger partial charge in [0, 0.05) is 31.2 Å². The Morgan fingerprint density at radius 2 is 2.06 bits per heavy atom. The lowest BCUT2D eigenvalue weighted by molar-refractivity contribution is -0.107. The maximum Gasteiger partial charge on any atom is 0.0939 e. The van der Waals surface area contributed by atoms with Crippen LogP contribution in [0.5, 0.6) is 0 Å². The van der Waals surface area contributed by atoms with Crippen LogP contribution in [0.2, 0.25) is 0 Å². The van der Waals surface area contributed by atoms with E-state index < -0.39 is 0 Å². The summed E-state index contributed by atoms with van der Waals surface area (Å²) in [5.41, 5.74) is 6.52. The van der Waals surface area contributed by atoms with E-state index in [1.807, 2.05) is 0 Å². The van der Waals surface area contributed by atoms with Crippen molar-refractivity contribution in [2.75, 3.05) is 33.9 Å². The van der Waals surface area contributed by atoms with Crippen LogP contribution in [0, 0.1) is 5.92 Å². The standard InChI is InChI=1S/C14H28N2O2/c1-13(2,16(3)4)12(15)11-5-7-18-14(9-11)6-8-17-10-14/h11-12H,5-10,15H2,1-4H3. The Hall–Kier alpha value is -0.160. The third-order valence-corrected chi connectivity index (χ3v) is 5.07. The van der Waals surface area contributed by atoms with Gasteiger partial charge in [0.1, 0.15) is 0 Å². The molecule has 3 atom stereocenters. The zero-order valence-electron chi connectivity index (χ0n) is 12.2. The van der Waals surface area contributed by atoms with Crippen LogP contribution in [0.25, 0.3) is 0 Å². The molecule has 2 fully saturated rings. The second-order valence-corrected chi connectivity index (χ2v) is 6.66. The summed E-state index contributed by atoms with van der Waals surface area (Å²) in [4.78, 5) is 2.23. The lowest BCUT2D eigenvalue weighted by Gasteiger charge is -2.46. The van der Waals surface area contributed by atoms with Crippen molar-refractivity contribution in [2.45, 2.75) is 50.3 Å². The summed E-state index contributed by atoms with van der Waals surface area (Å²) >= 11 is 0. The van der Waals surface area contributed by atoms with Crippen molar-refractivity contribution >= 4 is 0 Å². The van der Waals surface area contributed by atoms with E-state index >= 15 is 0 Å². The van der Waals surface area contributed by atoms with Crippen molar-refractivity contribution in [1.29, 1.82) is 0 Å². The average Bonchev–Trinajstić information content (AvgIpc) is 2.76. The summed E-state index contributed by atoms with van der Waals surface area (Å²) in [6.45, 7) is 6.86. The Bertz CT molecular complexity index is 286. The number of rotatable bonds is 3. The van der Waals surface area contributed by atoms with Gasteiger partial charge in [-0.25, -0.2) is 0 Å². The Morgan fingerprint density at radius 1 is 1.33 bits per heavy atom. The Labute approximate surface area is 111 Å². The Balaban J connectivity index is 2.04. The molecule has 0 aromatic rings. The fourth-order valence-electron chi connectivity index (χ4n) is 3.11. The highest BCUT2D eigenvalue weighted by molar-refractivity contribution is 4.99. The SMILES string of the molecule is CN(C)C(C)(C)C(N)C1CCOC2(CCOC2)C1. The maximum atomic E-state index is 6.54. The largest absolute Gasteiger partial charge is 0.378 e. The highest BCUT2D eigenvalue weighted by Crippen LogP contribution is 2.39. The first-order valence-corrected chi connectivity index (χ1v) is 7.02. The van der Waals surface area contributed by atoms with E-state index in [0.717, 1.165) is 39.1 Å². The van der Waals surface area contributed by atoms with E-state index in [2.05, 4.69) is 32.8 Å². The molecule has 0 saturated carbocycles. The minimum absolute atomic E-state index is 0.0165. The molecule has 4 heteroatoms. The topological polar surface area (TPSA) is 47.7 Å². The molecule has 4 nitrogen and oxygen atoms in total. The quantitative estimate of drug-likeness (QED) is 0.825. The zero-order valence-corrected chi connectivity index (χ0v) is 12.2. The van der Waals surface area contributed by atoms with Gasteiger partial charge < -0.3 is 20.1 Å². The minimum Gasteiger partial charge on any atom is -0.378 e. The normalized spacial score (nSPS) is 35.3. The summed E-state index contributed by atoms with van der Waals surface area (Å²) < 4.78 is 11.5. The van der Waals surface area contributed by atoms with Crippen LogP contribution in [0.3, 0.4) is 0 Å². The van der Waals surface area contributed by atoms with Gasteiger partial charge in [-0.1, -0.05) is 0 Å². The van der Waals surface area contributed by atoms with E-state index in [9.17, 15) is 0 Å². The molecule has 0 radical (unpaired) electrons. The van der Waals surface area contributed by atoms with Crippen LogP contribution in [0.4, 0.5) is 0 Å². The van der Waals surface area contributed by atoms with Crippen molar-refractivity contribution in [3.63, 3.8) is 0 Å². The van der Waals surface area contributed by atoms with Crippen molar-refractivity contribution in [2.24, 2.45) is 11.7 Å². The van der Waals surface area contributed by atoms with E-state index in [0.29, 0.717) is 5.92 Å². The van der Waals surface area contributed by atoms with E-state index in [1.54, 1.807) is 0 Å². The van der Waals surface area contributed by atoms with Gasteiger partial charge in [-0.05, 0) is 46.7 Å². The molecule has 2 N–H and O–H groups in total. The highest BCUT2D eigenvalue weighted by atomic mass is 16.6. The molecule has 0 aliphatic carbocycles. The Morgan fingerprint density at radius 3 is 2.61 bits per heavy atom. The van der Waals surface area contributed by atoms with E-state index in [-0.39, 0.29) is 17.2 Å². The molecule has 18 heavy (non-hydrogen) atoms. The third kappa shape index (κ3) is 2.57. The maximum absolute atomic E-state index is 6.54. The molecular formula is C14H28N2O2. The molecule has 2 rings (SSSR count). The number of hydrogen-bond acceptors (Lipinski definition) is 4. The Kier molecular flexibility index (Phi) is 4.02. The number of likely N-dealkylation sites (N-methyl/N-ethyl adjacent to an activating group) is 1. The van der Waals surface area contributed by atoms with Crippen molar-refractivity contribution in [3.05, 3.63) is 0 Å². The predicted molar refractivity (Wildman–Crippen MR) is 72.6 cm³/mol. The molecule has 1 spiro atoms. The summed E-state index contributed by atoms with van der Waals surface area (Å²) in [7, 11) is 4.21. The first-order valence-electron chi connectivity index (χ1n) is 7.02. The molecule has 3 unspecified atom stereocenters. The number of ether oxygens (including phenoxy) is 2. The van der Waals surface area contributed by atoms with E-state index in [4.69, 9.17) is 15.2 Å². The van der Waals surface area contributed by atoms with Gasteiger partial charge in [-0.2, -0.15) is 0 Å². The lowest BCUT2D eigenvalue weighted by Crippen LogP contribution is -2.59. The van der Waals surface area contributed by atoms with Gasteiger partial charge in [0.25, 0.3) is 0 Å². The first-order chi connectivity index (χ1) is 8.37. The average molecular weight is 256 g/mol. The molecule has 106 valence electrons. The van der Waals surface area contributed by atoms with Crippen LogP contribution in [0.15, 0.2) is 0 Å². The molecule has 2 saturated heterocycles. The highest BCUT2D eigenvalue weighted by Gasteiger charge is 2.45. The van der Waals surface area contributed by atoms with Crippen LogP contribution in [-0.2, 0) is 9.47 Å². The molecular weight excluding hydrogens is 228 g/mol. The van der Waals surface area contributed by atoms with Crippen molar-refractivity contribution in [3.8, 4) is 0 Å². The second-order valence-electron chi connectivity index (χ2n) is 6.66. The summed E-state index contributed by atoms with van der Waals surface area (Å²) in [6.07, 6.45) is 3.14. The fraction of sp³-hybridized carbons (Fsp3) is 1.00. The molecule has 2 heterocycles. The minimum atomic E-state index is -0.0388. The van der Waals surface area contributed by atoms with Crippen LogP contribution in [-0.4, -0.2) is 56.0 Å². The molecule has 2 aliphatic heterocycles. The molecule has 0 aromatic carbocycles. The van der Waals surface area contributed by atoms with Crippen molar-refractivity contribution < 1.29 is 9.47 Å². The van der Waals surface area contributed by atoms with Crippen LogP contribution < -0.4 is 5.73 Å². The fourth-order valence-corrected chi connectivity index (χ4v) is 3.11. The van der Waals surface area contributed by atoms with Gasteiger partial charge in [0.2, 0.25) is 0 Å². The summed E-state index contributed by atoms with van der Waals surface area (Å²) in [6, 6.07) is 0.175. The summed E-state index contributed by atoms with van der Waals surface area (Å²) in [5.74, 6) is 0.526. The predicted octanol–water partition coefficient (Wildman–Crippen LogP) is 1.24. The zero-order chi connectivity index (χ0) is 13.4. The van der Waals surface area contributed by atoms with Gasteiger partial charge in [0.05, 0.1) is 12.2 Å². The summed E-state index contributed by atoms with van der Waals surface area (Å²) in [5, 5.41) is 0. The lowest BCUT2D eigenvalue weighted by atomic mass is 9.75. The van der Waals surface area contributed by atoms with Gasteiger partial charge in [-0.15, -0.1) is 0 Å². The number of hydrogen-bond donors (Lipinski definition) is 1. The van der Waals surface area contributed by atoms with Gasteiger partial charge in [0.15, 0.2) is 0 Å². The second kappa shape index (κ2) is 5.08. The monoisotopic (exact) mass is 256 g/mol. The molecule has 2 aliphatic rings. The molecule has 0 aromatic heterocycles. The smallest absolute Gasteiger partial charge is 0.0939 e. The molecule has 0 bridgehead atoms.